The second kappa shape index (κ2) is 5.20. The molecule has 0 spiro atoms. The molecule has 19 heavy (non-hydrogen) atoms. The third-order valence-corrected chi connectivity index (χ3v) is 2.77. The van der Waals surface area contributed by atoms with Gasteiger partial charge in [0, 0.05) is 12.6 Å². The highest BCUT2D eigenvalue weighted by atomic mass is 35.5. The second-order valence-electron chi connectivity index (χ2n) is 4.04. The number of nitrogens with one attached hydrogen (secondary N) is 2. The lowest BCUT2D eigenvalue weighted by molar-refractivity contribution is -0.141. The number of hydrogen-bond donors (Lipinski definition) is 2. The molecule has 1 atom stereocenters. The Labute approximate surface area is 111 Å². The van der Waals surface area contributed by atoms with Crippen LogP contribution in [0.15, 0.2) is 6.07 Å². The van der Waals surface area contributed by atoms with E-state index in [2.05, 4.69) is 20.6 Å². The van der Waals surface area contributed by atoms with Crippen molar-refractivity contribution in [1.82, 2.24) is 15.3 Å². The van der Waals surface area contributed by atoms with E-state index in [4.69, 9.17) is 11.6 Å². The van der Waals surface area contributed by atoms with Crippen molar-refractivity contribution in [3.8, 4) is 0 Å². The number of aromatic nitrogens is 2. The van der Waals surface area contributed by atoms with Crippen molar-refractivity contribution in [2.24, 2.45) is 0 Å². The number of rotatable bonds is 2. The Balaban J connectivity index is 2.20. The van der Waals surface area contributed by atoms with Crippen LogP contribution in [0.25, 0.3) is 0 Å². The molecule has 1 amide bonds. The van der Waals surface area contributed by atoms with Crippen LogP contribution in [-0.4, -0.2) is 28.5 Å². The molecule has 0 radical (unpaired) electrons. The zero-order valence-corrected chi connectivity index (χ0v) is 10.3. The molecule has 1 aliphatic heterocycles. The van der Waals surface area contributed by atoms with Gasteiger partial charge >= 0.3 is 6.18 Å². The summed E-state index contributed by atoms with van der Waals surface area (Å²) in [7, 11) is 0. The SMILES string of the molecule is O=C1NCCCC1Nc1cc(C(F)(F)F)nc(Cl)n1. The van der Waals surface area contributed by atoms with Crippen molar-refractivity contribution in [1.29, 1.82) is 0 Å². The predicted octanol–water partition coefficient (Wildman–Crippen LogP) is 1.84. The van der Waals surface area contributed by atoms with E-state index in [-0.39, 0.29) is 11.7 Å². The van der Waals surface area contributed by atoms with Gasteiger partial charge in [-0.2, -0.15) is 13.2 Å². The minimum atomic E-state index is -4.61. The number of hydrogen-bond acceptors (Lipinski definition) is 4. The first-order chi connectivity index (χ1) is 8.86. The maximum absolute atomic E-state index is 12.5. The van der Waals surface area contributed by atoms with Gasteiger partial charge in [0.25, 0.3) is 0 Å². The molecule has 0 aromatic carbocycles. The number of alkyl halides is 3. The van der Waals surface area contributed by atoms with Crippen LogP contribution < -0.4 is 10.6 Å². The number of amides is 1. The van der Waals surface area contributed by atoms with E-state index in [1.54, 1.807) is 0 Å². The second-order valence-corrected chi connectivity index (χ2v) is 4.37. The highest BCUT2D eigenvalue weighted by Gasteiger charge is 2.34. The Bertz CT molecular complexity index is 494. The van der Waals surface area contributed by atoms with Crippen LogP contribution in [0.4, 0.5) is 19.0 Å². The number of halogens is 4. The first kappa shape index (κ1) is 13.9. The highest BCUT2D eigenvalue weighted by Crippen LogP contribution is 2.29. The highest BCUT2D eigenvalue weighted by molar-refractivity contribution is 6.28. The monoisotopic (exact) mass is 294 g/mol. The number of carbonyl (C=O) groups excluding carboxylic acids is 1. The average Bonchev–Trinajstić information content (AvgIpc) is 2.30. The van der Waals surface area contributed by atoms with Crippen LogP contribution in [0.5, 0.6) is 0 Å². The van der Waals surface area contributed by atoms with E-state index >= 15 is 0 Å². The molecule has 9 heteroatoms. The normalized spacial score (nSPS) is 20.0. The Morgan fingerprint density at radius 1 is 1.42 bits per heavy atom. The van der Waals surface area contributed by atoms with Gasteiger partial charge in [-0.15, -0.1) is 0 Å². The Hall–Kier alpha value is -1.57. The van der Waals surface area contributed by atoms with Crippen molar-refractivity contribution in [3.63, 3.8) is 0 Å². The lowest BCUT2D eigenvalue weighted by Gasteiger charge is -2.23. The smallest absolute Gasteiger partial charge is 0.358 e. The van der Waals surface area contributed by atoms with Gasteiger partial charge in [0.1, 0.15) is 11.9 Å². The molecule has 2 heterocycles. The van der Waals surface area contributed by atoms with Crippen LogP contribution in [0.2, 0.25) is 5.28 Å². The fourth-order valence-electron chi connectivity index (χ4n) is 1.73. The third kappa shape index (κ3) is 3.46. The largest absolute Gasteiger partial charge is 0.433 e. The van der Waals surface area contributed by atoms with Crippen LogP contribution in [0.1, 0.15) is 18.5 Å². The van der Waals surface area contributed by atoms with Gasteiger partial charge in [-0.05, 0) is 24.4 Å². The number of nitrogens with zero attached hydrogens (tertiary/aromatic N) is 2. The molecule has 2 N–H and O–H groups in total. The molecule has 104 valence electrons. The Morgan fingerprint density at radius 2 is 2.16 bits per heavy atom. The van der Waals surface area contributed by atoms with E-state index in [0.29, 0.717) is 13.0 Å². The summed E-state index contributed by atoms with van der Waals surface area (Å²) in [4.78, 5) is 18.2. The summed E-state index contributed by atoms with van der Waals surface area (Å²) in [6.07, 6.45) is -3.35. The summed E-state index contributed by atoms with van der Waals surface area (Å²) in [5.41, 5.74) is -1.15. The molecule has 1 aromatic rings. The first-order valence-electron chi connectivity index (χ1n) is 5.52. The topological polar surface area (TPSA) is 66.9 Å². The van der Waals surface area contributed by atoms with Crippen LogP contribution in [0.3, 0.4) is 0 Å². The Morgan fingerprint density at radius 3 is 2.79 bits per heavy atom. The predicted molar refractivity (Wildman–Crippen MR) is 61.7 cm³/mol. The summed E-state index contributed by atoms with van der Waals surface area (Å²) in [5, 5.41) is 4.73. The van der Waals surface area contributed by atoms with Crippen molar-refractivity contribution < 1.29 is 18.0 Å². The zero-order valence-electron chi connectivity index (χ0n) is 9.59. The molecule has 1 saturated heterocycles. The molecule has 1 aromatic heterocycles. The third-order valence-electron chi connectivity index (χ3n) is 2.60. The van der Waals surface area contributed by atoms with Crippen molar-refractivity contribution in [2.45, 2.75) is 25.1 Å². The summed E-state index contributed by atoms with van der Waals surface area (Å²) in [5.74, 6) is -0.385. The molecule has 0 aliphatic carbocycles. The van der Waals surface area contributed by atoms with Crippen molar-refractivity contribution in [2.75, 3.05) is 11.9 Å². The molecule has 0 saturated carbocycles. The van der Waals surface area contributed by atoms with Gasteiger partial charge in [0.15, 0.2) is 5.69 Å². The van der Waals surface area contributed by atoms with Gasteiger partial charge in [-0.3, -0.25) is 4.79 Å². The summed E-state index contributed by atoms with van der Waals surface area (Å²) in [6.45, 7) is 0.565. The molecule has 0 bridgehead atoms. The maximum Gasteiger partial charge on any atom is 0.433 e. The molecule has 1 fully saturated rings. The molecular formula is C10H10ClF3N4O. The molecular weight excluding hydrogens is 285 g/mol. The minimum Gasteiger partial charge on any atom is -0.358 e. The van der Waals surface area contributed by atoms with Crippen molar-refractivity contribution in [3.05, 3.63) is 17.0 Å². The first-order valence-corrected chi connectivity index (χ1v) is 5.90. The van der Waals surface area contributed by atoms with Crippen LogP contribution in [-0.2, 0) is 11.0 Å². The standard InChI is InChI=1S/C10H10ClF3N4O/c11-9-17-6(10(12,13)14)4-7(18-9)16-5-2-1-3-15-8(5)19/h4-5H,1-3H2,(H,15,19)(H,16,17,18). The van der Waals surface area contributed by atoms with Crippen LogP contribution >= 0.6 is 11.6 Å². The van der Waals surface area contributed by atoms with E-state index in [9.17, 15) is 18.0 Å². The van der Waals surface area contributed by atoms with Gasteiger partial charge in [-0.25, -0.2) is 9.97 Å². The summed E-state index contributed by atoms with van der Waals surface area (Å²) >= 11 is 5.45. The van der Waals surface area contributed by atoms with Gasteiger partial charge in [-0.1, -0.05) is 0 Å². The fourth-order valence-corrected chi connectivity index (χ4v) is 1.91. The van der Waals surface area contributed by atoms with E-state index in [1.807, 2.05) is 0 Å². The number of piperidine rings is 1. The maximum atomic E-state index is 12.5. The molecule has 5 nitrogen and oxygen atoms in total. The number of carbonyl (C=O) groups is 1. The quantitative estimate of drug-likeness (QED) is 0.817. The van der Waals surface area contributed by atoms with Crippen LogP contribution in [0, 0.1) is 0 Å². The van der Waals surface area contributed by atoms with E-state index in [0.717, 1.165) is 12.5 Å². The van der Waals surface area contributed by atoms with Gasteiger partial charge in [0.2, 0.25) is 11.2 Å². The lowest BCUT2D eigenvalue weighted by atomic mass is 10.1. The van der Waals surface area contributed by atoms with Crippen molar-refractivity contribution >= 4 is 23.3 Å². The average molecular weight is 295 g/mol. The molecule has 1 aliphatic rings. The lowest BCUT2D eigenvalue weighted by Crippen LogP contribution is -2.44. The van der Waals surface area contributed by atoms with Gasteiger partial charge < -0.3 is 10.6 Å². The number of anilines is 1. The van der Waals surface area contributed by atoms with E-state index in [1.165, 1.54) is 0 Å². The minimum absolute atomic E-state index is 0.116. The summed E-state index contributed by atoms with van der Waals surface area (Å²) in [6, 6.07) is 0.120. The Kier molecular flexibility index (Phi) is 3.79. The molecule has 1 unspecified atom stereocenters. The summed E-state index contributed by atoms with van der Waals surface area (Å²) < 4.78 is 37.6. The van der Waals surface area contributed by atoms with Gasteiger partial charge in [0.05, 0.1) is 0 Å². The van der Waals surface area contributed by atoms with E-state index < -0.39 is 23.2 Å². The fraction of sp³-hybridized carbons (Fsp3) is 0.500. The molecule has 2 rings (SSSR count). The zero-order chi connectivity index (χ0) is 14.0.